The molecule has 3 amide bonds. The van der Waals surface area contributed by atoms with Gasteiger partial charge >= 0.3 is 6.03 Å². The van der Waals surface area contributed by atoms with Crippen molar-refractivity contribution in [1.82, 2.24) is 10.2 Å². The highest BCUT2D eigenvalue weighted by Gasteiger charge is 2.33. The van der Waals surface area contributed by atoms with Crippen LogP contribution in [0, 0.1) is 5.92 Å². The van der Waals surface area contributed by atoms with Crippen LogP contribution in [0.2, 0.25) is 0 Å². The maximum atomic E-state index is 12.4. The van der Waals surface area contributed by atoms with E-state index < -0.39 is 0 Å². The van der Waals surface area contributed by atoms with Gasteiger partial charge < -0.3 is 19.9 Å². The molecule has 0 saturated carbocycles. The van der Waals surface area contributed by atoms with E-state index in [0.29, 0.717) is 18.9 Å². The van der Waals surface area contributed by atoms with E-state index in [2.05, 4.69) is 12.2 Å². The van der Waals surface area contributed by atoms with Crippen LogP contribution < -0.4 is 15.0 Å². The number of hydrogen-bond donors (Lipinski definition) is 1. The molecule has 1 atom stereocenters. The minimum atomic E-state index is -0.133. The summed E-state index contributed by atoms with van der Waals surface area (Å²) in [4.78, 5) is 28.2. The Hall–Kier alpha value is -2.24. The smallest absolute Gasteiger partial charge is 0.317 e. The molecule has 2 aliphatic rings. The molecular formula is C18H25N3O3. The zero-order valence-corrected chi connectivity index (χ0v) is 14.3. The molecule has 6 heteroatoms. The molecule has 1 unspecified atom stereocenters. The van der Waals surface area contributed by atoms with E-state index in [4.69, 9.17) is 4.74 Å². The van der Waals surface area contributed by atoms with Crippen molar-refractivity contribution in [2.24, 2.45) is 5.92 Å². The average molecular weight is 331 g/mol. The van der Waals surface area contributed by atoms with Gasteiger partial charge in [-0.05, 0) is 43.0 Å². The van der Waals surface area contributed by atoms with Crippen LogP contribution in [0.3, 0.4) is 0 Å². The molecule has 1 N–H and O–H groups in total. The number of carbonyl (C=O) groups is 2. The normalized spacial score (nSPS) is 21.9. The highest BCUT2D eigenvalue weighted by Crippen LogP contribution is 2.24. The lowest BCUT2D eigenvalue weighted by Gasteiger charge is -2.31. The van der Waals surface area contributed by atoms with Crippen LogP contribution in [-0.2, 0) is 4.79 Å². The maximum absolute atomic E-state index is 12.4. The van der Waals surface area contributed by atoms with Crippen LogP contribution in [0.15, 0.2) is 24.3 Å². The first-order valence-corrected chi connectivity index (χ1v) is 8.56. The van der Waals surface area contributed by atoms with Crippen molar-refractivity contribution in [3.63, 3.8) is 0 Å². The Morgan fingerprint density at radius 3 is 2.50 bits per heavy atom. The summed E-state index contributed by atoms with van der Waals surface area (Å²) in [7, 11) is 1.61. The largest absolute Gasteiger partial charge is 0.497 e. The molecule has 2 saturated heterocycles. The van der Waals surface area contributed by atoms with Gasteiger partial charge in [-0.1, -0.05) is 6.92 Å². The number of piperidine rings is 1. The van der Waals surface area contributed by atoms with Crippen molar-refractivity contribution < 1.29 is 14.3 Å². The second kappa shape index (κ2) is 7.11. The Morgan fingerprint density at radius 2 is 1.88 bits per heavy atom. The van der Waals surface area contributed by atoms with Crippen LogP contribution in [0.5, 0.6) is 5.75 Å². The molecule has 2 heterocycles. The average Bonchev–Trinajstić information content (AvgIpc) is 2.95. The quantitative estimate of drug-likeness (QED) is 0.924. The summed E-state index contributed by atoms with van der Waals surface area (Å²) in [5.74, 6) is 1.49. The zero-order chi connectivity index (χ0) is 17.1. The first-order valence-electron chi connectivity index (χ1n) is 8.56. The van der Waals surface area contributed by atoms with Gasteiger partial charge in [0.05, 0.1) is 13.2 Å². The van der Waals surface area contributed by atoms with Gasteiger partial charge in [0, 0.05) is 31.7 Å². The molecule has 130 valence electrons. The fourth-order valence-electron chi connectivity index (χ4n) is 3.29. The van der Waals surface area contributed by atoms with E-state index in [0.717, 1.165) is 37.4 Å². The molecule has 2 fully saturated rings. The molecule has 0 aliphatic carbocycles. The van der Waals surface area contributed by atoms with Gasteiger partial charge in [0.15, 0.2) is 0 Å². The Balaban J connectivity index is 1.57. The van der Waals surface area contributed by atoms with Crippen molar-refractivity contribution in [3.8, 4) is 5.75 Å². The standard InChI is InChI=1S/C18H25N3O3/c1-13-7-9-20(10-8-13)18(23)19-14-11-17(22)21(12-14)15-3-5-16(24-2)6-4-15/h3-6,13-14H,7-12H2,1-2H3,(H,19,23). The van der Waals surface area contributed by atoms with E-state index in [1.165, 1.54) is 0 Å². The molecule has 0 radical (unpaired) electrons. The summed E-state index contributed by atoms with van der Waals surface area (Å²) < 4.78 is 5.14. The van der Waals surface area contributed by atoms with Crippen LogP contribution in [-0.4, -0.2) is 49.6 Å². The van der Waals surface area contributed by atoms with Gasteiger partial charge in [0.25, 0.3) is 0 Å². The van der Waals surface area contributed by atoms with Gasteiger partial charge in [0.1, 0.15) is 5.75 Å². The Labute approximate surface area is 142 Å². The third-order valence-electron chi connectivity index (χ3n) is 4.91. The van der Waals surface area contributed by atoms with Crippen molar-refractivity contribution in [2.75, 3.05) is 31.6 Å². The minimum Gasteiger partial charge on any atom is -0.497 e. The SMILES string of the molecule is COc1ccc(N2CC(NC(=O)N3CCC(C)CC3)CC2=O)cc1. The van der Waals surface area contributed by atoms with Gasteiger partial charge in [-0.3, -0.25) is 4.79 Å². The summed E-state index contributed by atoms with van der Waals surface area (Å²) in [6, 6.07) is 7.23. The molecule has 24 heavy (non-hydrogen) atoms. The van der Waals surface area contributed by atoms with Crippen molar-refractivity contribution in [3.05, 3.63) is 24.3 Å². The number of hydrogen-bond acceptors (Lipinski definition) is 3. The summed E-state index contributed by atoms with van der Waals surface area (Å²) in [5, 5.41) is 3.02. The van der Waals surface area contributed by atoms with Gasteiger partial charge in [-0.2, -0.15) is 0 Å². The van der Waals surface area contributed by atoms with E-state index in [1.54, 1.807) is 12.0 Å². The monoisotopic (exact) mass is 331 g/mol. The molecule has 0 aromatic heterocycles. The first-order chi connectivity index (χ1) is 11.6. The lowest BCUT2D eigenvalue weighted by Crippen LogP contribution is -2.48. The highest BCUT2D eigenvalue weighted by atomic mass is 16.5. The van der Waals surface area contributed by atoms with Crippen LogP contribution in [0.1, 0.15) is 26.2 Å². The minimum absolute atomic E-state index is 0.0396. The summed E-state index contributed by atoms with van der Waals surface area (Å²) in [5.41, 5.74) is 0.837. The molecule has 2 aliphatic heterocycles. The third kappa shape index (κ3) is 3.63. The summed E-state index contributed by atoms with van der Waals surface area (Å²) in [6.45, 7) is 4.34. The van der Waals surface area contributed by atoms with E-state index in [1.807, 2.05) is 29.2 Å². The molecule has 6 nitrogen and oxygen atoms in total. The number of carbonyl (C=O) groups excluding carboxylic acids is 2. The van der Waals surface area contributed by atoms with Crippen LogP contribution in [0.25, 0.3) is 0 Å². The number of nitrogens with zero attached hydrogens (tertiary/aromatic N) is 2. The van der Waals surface area contributed by atoms with Gasteiger partial charge in [-0.25, -0.2) is 4.79 Å². The Morgan fingerprint density at radius 1 is 1.21 bits per heavy atom. The van der Waals surface area contributed by atoms with Crippen molar-refractivity contribution in [2.45, 2.75) is 32.2 Å². The molecule has 1 aromatic carbocycles. The molecule has 3 rings (SSSR count). The second-order valence-corrected chi connectivity index (χ2v) is 6.72. The third-order valence-corrected chi connectivity index (χ3v) is 4.91. The van der Waals surface area contributed by atoms with Crippen LogP contribution >= 0.6 is 0 Å². The number of benzene rings is 1. The predicted octanol–water partition coefficient (Wildman–Crippen LogP) is 2.24. The number of ether oxygens (including phenoxy) is 1. The molecule has 0 spiro atoms. The first kappa shape index (κ1) is 16.6. The molecular weight excluding hydrogens is 306 g/mol. The van der Waals surface area contributed by atoms with Crippen LogP contribution in [0.4, 0.5) is 10.5 Å². The zero-order valence-electron chi connectivity index (χ0n) is 14.3. The summed E-state index contributed by atoms with van der Waals surface area (Å²) in [6.07, 6.45) is 2.45. The molecule has 1 aromatic rings. The number of amides is 3. The Bertz CT molecular complexity index is 594. The highest BCUT2D eigenvalue weighted by molar-refractivity contribution is 5.96. The number of methoxy groups -OCH3 is 1. The number of rotatable bonds is 3. The lowest BCUT2D eigenvalue weighted by atomic mass is 10.00. The lowest BCUT2D eigenvalue weighted by molar-refractivity contribution is -0.117. The predicted molar refractivity (Wildman–Crippen MR) is 92.3 cm³/mol. The Kier molecular flexibility index (Phi) is 4.92. The number of anilines is 1. The van der Waals surface area contributed by atoms with E-state index in [-0.39, 0.29) is 18.0 Å². The number of likely N-dealkylation sites (tertiary alicyclic amines) is 1. The number of urea groups is 1. The fourth-order valence-corrected chi connectivity index (χ4v) is 3.29. The van der Waals surface area contributed by atoms with Gasteiger partial charge in [-0.15, -0.1) is 0 Å². The fraction of sp³-hybridized carbons (Fsp3) is 0.556. The van der Waals surface area contributed by atoms with E-state index in [9.17, 15) is 9.59 Å². The van der Waals surface area contributed by atoms with Crippen molar-refractivity contribution >= 4 is 17.6 Å². The second-order valence-electron chi connectivity index (χ2n) is 6.72. The summed E-state index contributed by atoms with van der Waals surface area (Å²) >= 11 is 0. The topological polar surface area (TPSA) is 61.9 Å². The van der Waals surface area contributed by atoms with Gasteiger partial charge in [0.2, 0.25) is 5.91 Å². The van der Waals surface area contributed by atoms with E-state index >= 15 is 0 Å². The van der Waals surface area contributed by atoms with Crippen molar-refractivity contribution in [1.29, 1.82) is 0 Å². The molecule has 0 bridgehead atoms. The number of nitrogens with one attached hydrogen (secondary N) is 1. The maximum Gasteiger partial charge on any atom is 0.317 e.